The fourth-order valence-electron chi connectivity index (χ4n) is 4.82. The Kier molecular flexibility index (Phi) is 3.29. The van der Waals surface area contributed by atoms with Crippen molar-refractivity contribution in [1.82, 2.24) is 20.3 Å². The summed E-state index contributed by atoms with van der Waals surface area (Å²) in [4.78, 5) is 25.5. The monoisotopic (exact) mass is 407 g/mol. The first-order valence-corrected chi connectivity index (χ1v) is 9.56. The SMILES string of the molecule is O=C(N[C@@]12C(=O)Nc3c(F)cc(F)cc3[C@@H]3C1[C@@H]32)c1cn(Cc2ccccc2)nn1. The Morgan fingerprint density at radius 3 is 2.73 bits per heavy atom. The fourth-order valence-corrected chi connectivity index (χ4v) is 4.82. The molecule has 1 unspecified atom stereocenters. The third kappa shape index (κ3) is 2.28. The zero-order chi connectivity index (χ0) is 20.6. The van der Waals surface area contributed by atoms with Gasteiger partial charge in [-0.25, -0.2) is 13.5 Å². The Hall–Kier alpha value is -3.62. The van der Waals surface area contributed by atoms with E-state index in [1.165, 1.54) is 12.3 Å². The van der Waals surface area contributed by atoms with Crippen LogP contribution in [-0.4, -0.2) is 32.3 Å². The number of nitrogens with zero attached hydrogens (tertiary/aromatic N) is 3. The van der Waals surface area contributed by atoms with E-state index in [9.17, 15) is 18.4 Å². The second-order valence-corrected chi connectivity index (χ2v) is 7.99. The molecule has 2 N–H and O–H groups in total. The van der Waals surface area contributed by atoms with Crippen LogP contribution >= 0.6 is 0 Å². The summed E-state index contributed by atoms with van der Waals surface area (Å²) in [6, 6.07) is 11.6. The minimum atomic E-state index is -1.10. The highest BCUT2D eigenvalue weighted by atomic mass is 19.1. The summed E-state index contributed by atoms with van der Waals surface area (Å²) < 4.78 is 29.3. The van der Waals surface area contributed by atoms with Gasteiger partial charge in [-0.05, 0) is 23.1 Å². The molecule has 3 aromatic rings. The molecular weight excluding hydrogens is 392 g/mol. The summed E-state index contributed by atoms with van der Waals surface area (Å²) >= 11 is 0. The van der Waals surface area contributed by atoms with Crippen LogP contribution in [0.4, 0.5) is 14.5 Å². The second-order valence-electron chi connectivity index (χ2n) is 7.99. The van der Waals surface area contributed by atoms with Gasteiger partial charge in [-0.15, -0.1) is 5.10 Å². The van der Waals surface area contributed by atoms with Gasteiger partial charge in [0.2, 0.25) is 0 Å². The molecule has 3 aliphatic rings. The molecule has 1 aromatic heterocycles. The Morgan fingerprint density at radius 2 is 1.97 bits per heavy atom. The van der Waals surface area contributed by atoms with Gasteiger partial charge in [0.15, 0.2) is 5.69 Å². The first-order chi connectivity index (χ1) is 14.5. The van der Waals surface area contributed by atoms with Crippen LogP contribution in [0.5, 0.6) is 0 Å². The van der Waals surface area contributed by atoms with Crippen molar-refractivity contribution in [3.8, 4) is 0 Å². The number of carbonyl (C=O) groups excluding carboxylic acids is 2. The van der Waals surface area contributed by atoms with Crippen LogP contribution in [0.2, 0.25) is 0 Å². The van der Waals surface area contributed by atoms with Crippen LogP contribution in [0.15, 0.2) is 48.7 Å². The van der Waals surface area contributed by atoms with Crippen molar-refractivity contribution in [1.29, 1.82) is 0 Å². The maximum Gasteiger partial charge on any atom is 0.274 e. The molecule has 2 aromatic carbocycles. The smallest absolute Gasteiger partial charge is 0.274 e. The number of carbonyl (C=O) groups is 2. The second kappa shape index (κ2) is 5.71. The largest absolute Gasteiger partial charge is 0.336 e. The van der Waals surface area contributed by atoms with Crippen LogP contribution in [0.25, 0.3) is 0 Å². The van der Waals surface area contributed by atoms with E-state index in [0.29, 0.717) is 12.1 Å². The van der Waals surface area contributed by atoms with E-state index in [2.05, 4.69) is 20.9 Å². The Bertz CT molecular complexity index is 1220. The van der Waals surface area contributed by atoms with Gasteiger partial charge in [-0.1, -0.05) is 35.5 Å². The number of rotatable bonds is 4. The van der Waals surface area contributed by atoms with Crippen molar-refractivity contribution >= 4 is 17.5 Å². The van der Waals surface area contributed by atoms with Crippen molar-refractivity contribution in [3.05, 3.63) is 77.1 Å². The number of hydrogen-bond donors (Lipinski definition) is 2. The van der Waals surface area contributed by atoms with Crippen molar-refractivity contribution in [2.24, 2.45) is 11.8 Å². The summed E-state index contributed by atoms with van der Waals surface area (Å²) in [5.74, 6) is -2.96. The van der Waals surface area contributed by atoms with Crippen LogP contribution < -0.4 is 10.6 Å². The zero-order valence-corrected chi connectivity index (χ0v) is 15.5. The van der Waals surface area contributed by atoms with Crippen LogP contribution in [0, 0.1) is 23.5 Å². The molecule has 0 saturated heterocycles. The van der Waals surface area contributed by atoms with Gasteiger partial charge < -0.3 is 10.6 Å². The Morgan fingerprint density at radius 1 is 1.20 bits per heavy atom. The number of anilines is 1. The molecular formula is C21H15F2N5O2. The molecule has 4 atom stereocenters. The average molecular weight is 407 g/mol. The lowest BCUT2D eigenvalue weighted by atomic mass is 9.92. The van der Waals surface area contributed by atoms with Crippen LogP contribution in [0.3, 0.4) is 0 Å². The molecule has 2 fully saturated rings. The minimum absolute atomic E-state index is 0.00123. The Labute approximate surface area is 169 Å². The normalized spacial score (nSPS) is 27.4. The molecule has 2 amide bonds. The summed E-state index contributed by atoms with van der Waals surface area (Å²) in [5, 5.41) is 13.2. The van der Waals surface area contributed by atoms with E-state index < -0.39 is 29.0 Å². The number of halogens is 2. The zero-order valence-electron chi connectivity index (χ0n) is 15.5. The maximum absolute atomic E-state index is 14.2. The molecule has 9 heteroatoms. The first kappa shape index (κ1) is 17.3. The quantitative estimate of drug-likeness (QED) is 0.693. The molecule has 2 saturated carbocycles. The highest BCUT2D eigenvalue weighted by Crippen LogP contribution is 2.81. The lowest BCUT2D eigenvalue weighted by Gasteiger charge is -2.22. The molecule has 30 heavy (non-hydrogen) atoms. The van der Waals surface area contributed by atoms with Crippen molar-refractivity contribution in [3.63, 3.8) is 0 Å². The third-order valence-electron chi connectivity index (χ3n) is 6.30. The Balaban J connectivity index is 1.21. The van der Waals surface area contributed by atoms with Crippen molar-refractivity contribution < 1.29 is 18.4 Å². The molecule has 2 aliphatic carbocycles. The summed E-state index contributed by atoms with van der Waals surface area (Å²) in [7, 11) is 0. The van der Waals surface area contributed by atoms with Gasteiger partial charge >= 0.3 is 0 Å². The molecule has 2 heterocycles. The number of hydrogen-bond acceptors (Lipinski definition) is 4. The van der Waals surface area contributed by atoms with E-state index in [4.69, 9.17) is 0 Å². The van der Waals surface area contributed by atoms with Crippen LogP contribution in [-0.2, 0) is 11.3 Å². The summed E-state index contributed by atoms with van der Waals surface area (Å²) in [6.45, 7) is 0.459. The lowest BCUT2D eigenvalue weighted by molar-refractivity contribution is -0.120. The number of fused-ring (bicyclic) bond motifs is 4. The molecule has 150 valence electrons. The van der Waals surface area contributed by atoms with E-state index >= 15 is 0 Å². The van der Waals surface area contributed by atoms with Gasteiger partial charge in [-0.2, -0.15) is 0 Å². The lowest BCUT2D eigenvalue weighted by Crippen LogP contribution is -2.51. The van der Waals surface area contributed by atoms with Crippen molar-refractivity contribution in [2.45, 2.75) is 18.0 Å². The minimum Gasteiger partial charge on any atom is -0.336 e. The number of amides is 2. The average Bonchev–Trinajstić information content (AvgIpc) is 3.57. The number of aromatic nitrogens is 3. The first-order valence-electron chi connectivity index (χ1n) is 9.56. The molecule has 7 nitrogen and oxygen atoms in total. The predicted molar refractivity (Wildman–Crippen MR) is 100 cm³/mol. The molecule has 1 aliphatic heterocycles. The fraction of sp³-hybridized carbons (Fsp3) is 0.238. The van der Waals surface area contributed by atoms with Gasteiger partial charge in [-0.3, -0.25) is 9.59 Å². The highest BCUT2D eigenvalue weighted by molar-refractivity contribution is 6.10. The summed E-state index contributed by atoms with van der Waals surface area (Å²) in [6.07, 6.45) is 1.52. The maximum atomic E-state index is 14.2. The standard InChI is InChI=1S/C21H15F2N5O2/c22-11-6-12-15-16-17(15)21(16,20(30)24-18(12)13(23)7-11)25-19(29)14-9-28(27-26-14)8-10-4-2-1-3-5-10/h1-7,9,15-17H,8H2,(H,24,30)(H,25,29)/t15-,16+,17?,21+/m0/s1. The van der Waals surface area contributed by atoms with Gasteiger partial charge in [0.25, 0.3) is 11.8 Å². The van der Waals surface area contributed by atoms with Gasteiger partial charge in [0.1, 0.15) is 17.2 Å². The number of benzene rings is 2. The van der Waals surface area contributed by atoms with E-state index in [1.807, 2.05) is 30.3 Å². The van der Waals surface area contributed by atoms with E-state index in [-0.39, 0.29) is 29.1 Å². The molecule has 0 spiro atoms. The van der Waals surface area contributed by atoms with Crippen LogP contribution in [0.1, 0.15) is 27.5 Å². The topological polar surface area (TPSA) is 88.9 Å². The van der Waals surface area contributed by atoms with Gasteiger partial charge in [0.05, 0.1) is 18.4 Å². The summed E-state index contributed by atoms with van der Waals surface area (Å²) in [5.41, 5.74) is 0.449. The van der Waals surface area contributed by atoms with Crippen molar-refractivity contribution in [2.75, 3.05) is 5.32 Å². The predicted octanol–water partition coefficient (Wildman–Crippen LogP) is 2.07. The van der Waals surface area contributed by atoms with Gasteiger partial charge in [0, 0.05) is 17.9 Å². The molecule has 0 radical (unpaired) electrons. The third-order valence-corrected chi connectivity index (χ3v) is 6.30. The highest BCUT2D eigenvalue weighted by Gasteiger charge is 2.89. The molecule has 0 bridgehead atoms. The number of nitrogens with one attached hydrogen (secondary N) is 2. The molecule has 6 rings (SSSR count). The van der Waals surface area contributed by atoms with E-state index in [1.54, 1.807) is 4.68 Å². The van der Waals surface area contributed by atoms with E-state index in [0.717, 1.165) is 11.6 Å².